The lowest BCUT2D eigenvalue weighted by molar-refractivity contribution is -0.384. The molecule has 0 spiro atoms. The van der Waals surface area contributed by atoms with E-state index in [0.717, 1.165) is 16.7 Å². The first-order valence-corrected chi connectivity index (χ1v) is 8.67. The molecule has 0 saturated carbocycles. The summed E-state index contributed by atoms with van der Waals surface area (Å²) >= 11 is 0. The Morgan fingerprint density at radius 3 is 2.19 bits per heavy atom. The van der Waals surface area contributed by atoms with Crippen LogP contribution in [0.5, 0.6) is 5.75 Å². The number of anilines is 1. The van der Waals surface area contributed by atoms with Crippen molar-refractivity contribution in [1.82, 2.24) is 4.98 Å². The van der Waals surface area contributed by atoms with Crippen molar-refractivity contribution >= 4 is 17.7 Å². The number of pyridine rings is 1. The van der Waals surface area contributed by atoms with E-state index in [1.165, 1.54) is 18.3 Å². The number of nitrogens with one attached hydrogen (secondary N) is 1. The van der Waals surface area contributed by atoms with Gasteiger partial charge < -0.3 is 5.11 Å². The highest BCUT2D eigenvalue weighted by Gasteiger charge is 2.26. The minimum Gasteiger partial charge on any atom is -0.507 e. The second-order valence-corrected chi connectivity index (χ2v) is 8.46. The highest BCUT2D eigenvalue weighted by molar-refractivity contribution is 5.82. The monoisotopic (exact) mass is 370 g/mol. The number of rotatable bonds is 4. The molecule has 0 unspecified atom stereocenters. The van der Waals surface area contributed by atoms with Crippen LogP contribution in [0.15, 0.2) is 35.6 Å². The Labute approximate surface area is 159 Å². The van der Waals surface area contributed by atoms with Gasteiger partial charge >= 0.3 is 5.69 Å². The van der Waals surface area contributed by atoms with Crippen LogP contribution in [-0.2, 0) is 10.8 Å². The van der Waals surface area contributed by atoms with Crippen LogP contribution in [0.4, 0.5) is 11.5 Å². The zero-order valence-corrected chi connectivity index (χ0v) is 16.6. The van der Waals surface area contributed by atoms with Crippen LogP contribution in [0.3, 0.4) is 0 Å². The van der Waals surface area contributed by atoms with Crippen molar-refractivity contribution in [2.75, 3.05) is 5.43 Å². The molecule has 7 heteroatoms. The first-order valence-electron chi connectivity index (χ1n) is 8.67. The van der Waals surface area contributed by atoms with E-state index in [4.69, 9.17) is 0 Å². The summed E-state index contributed by atoms with van der Waals surface area (Å²) in [7, 11) is 0. The average Bonchev–Trinajstić information content (AvgIpc) is 2.54. The molecule has 1 aromatic carbocycles. The van der Waals surface area contributed by atoms with E-state index in [1.807, 2.05) is 53.7 Å². The fourth-order valence-corrected chi connectivity index (χ4v) is 2.67. The molecule has 1 heterocycles. The molecular weight excluding hydrogens is 344 g/mol. The molecule has 0 aliphatic carbocycles. The molecule has 0 saturated heterocycles. The zero-order valence-electron chi connectivity index (χ0n) is 16.6. The van der Waals surface area contributed by atoms with Gasteiger partial charge in [0.1, 0.15) is 5.75 Å². The molecule has 2 aromatic rings. The normalized spacial score (nSPS) is 12.4. The van der Waals surface area contributed by atoms with Crippen LogP contribution in [0.2, 0.25) is 0 Å². The minimum atomic E-state index is -0.513. The van der Waals surface area contributed by atoms with Gasteiger partial charge in [-0.2, -0.15) is 5.10 Å². The SMILES string of the molecule is CC(C)(C)c1cc(/C=N\Nc2ncccc2[N+](=O)[O-])cc(C(C)(C)C)c1O. The first kappa shape index (κ1) is 20.4. The molecule has 27 heavy (non-hydrogen) atoms. The topological polar surface area (TPSA) is 101 Å². The molecule has 1 aromatic heterocycles. The van der Waals surface area contributed by atoms with Crippen molar-refractivity contribution in [1.29, 1.82) is 0 Å². The fraction of sp³-hybridized carbons (Fsp3) is 0.400. The third-order valence-corrected chi connectivity index (χ3v) is 4.12. The number of phenols is 1. The smallest absolute Gasteiger partial charge is 0.313 e. The van der Waals surface area contributed by atoms with Crippen molar-refractivity contribution < 1.29 is 10.0 Å². The number of aromatic hydroxyl groups is 1. The van der Waals surface area contributed by atoms with Crippen LogP contribution in [0.1, 0.15) is 58.2 Å². The fourth-order valence-electron chi connectivity index (χ4n) is 2.67. The van der Waals surface area contributed by atoms with Gasteiger partial charge in [-0.25, -0.2) is 4.98 Å². The van der Waals surface area contributed by atoms with Crippen LogP contribution >= 0.6 is 0 Å². The largest absolute Gasteiger partial charge is 0.507 e. The summed E-state index contributed by atoms with van der Waals surface area (Å²) in [5.41, 5.74) is 4.41. The summed E-state index contributed by atoms with van der Waals surface area (Å²) in [6.45, 7) is 12.2. The molecular formula is C20H26N4O3. The number of hydrogen-bond donors (Lipinski definition) is 2. The van der Waals surface area contributed by atoms with Crippen LogP contribution < -0.4 is 5.43 Å². The standard InChI is InChI=1S/C20H26N4O3/c1-19(2,3)14-10-13(11-15(17(14)25)20(4,5)6)12-22-23-18-16(24(26)27)8-7-9-21-18/h7-12,25H,1-6H3,(H,21,23)/b22-12-. The maximum absolute atomic E-state index is 11.0. The molecule has 0 fully saturated rings. The molecule has 0 aliphatic rings. The Bertz CT molecular complexity index is 843. The second kappa shape index (κ2) is 7.34. The molecule has 0 bridgehead atoms. The van der Waals surface area contributed by atoms with Crippen molar-refractivity contribution in [2.24, 2.45) is 5.10 Å². The van der Waals surface area contributed by atoms with Crippen molar-refractivity contribution in [3.63, 3.8) is 0 Å². The summed E-state index contributed by atoms with van der Waals surface area (Å²) in [6.07, 6.45) is 3.03. The molecule has 0 radical (unpaired) electrons. The van der Waals surface area contributed by atoms with E-state index < -0.39 is 4.92 Å². The Hall–Kier alpha value is -2.96. The lowest BCUT2D eigenvalue weighted by Crippen LogP contribution is -2.18. The highest BCUT2D eigenvalue weighted by atomic mass is 16.6. The second-order valence-electron chi connectivity index (χ2n) is 8.46. The van der Waals surface area contributed by atoms with E-state index in [1.54, 1.807) is 6.21 Å². The van der Waals surface area contributed by atoms with E-state index in [-0.39, 0.29) is 22.3 Å². The van der Waals surface area contributed by atoms with Gasteiger partial charge in [-0.15, -0.1) is 0 Å². The number of phenolic OH excluding ortho intramolecular Hbond substituents is 1. The summed E-state index contributed by atoms with van der Waals surface area (Å²) in [5.74, 6) is 0.366. The Balaban J connectivity index is 2.42. The zero-order chi connectivity index (χ0) is 20.4. The van der Waals surface area contributed by atoms with Gasteiger partial charge in [-0.1, -0.05) is 41.5 Å². The highest BCUT2D eigenvalue weighted by Crippen LogP contribution is 2.39. The lowest BCUT2D eigenvalue weighted by Gasteiger charge is -2.27. The Morgan fingerprint density at radius 2 is 1.70 bits per heavy atom. The average molecular weight is 370 g/mol. The van der Waals surface area contributed by atoms with Crippen LogP contribution in [0.25, 0.3) is 0 Å². The minimum absolute atomic E-state index is 0.0737. The number of hydrogen-bond acceptors (Lipinski definition) is 6. The van der Waals surface area contributed by atoms with E-state index in [0.29, 0.717) is 5.75 Å². The summed E-state index contributed by atoms with van der Waals surface area (Å²) < 4.78 is 0. The van der Waals surface area contributed by atoms with Crippen molar-refractivity contribution in [3.05, 3.63) is 57.3 Å². The number of nitrogens with zero attached hydrogens (tertiary/aromatic N) is 3. The van der Waals surface area contributed by atoms with Gasteiger partial charge in [0.05, 0.1) is 11.1 Å². The Kier molecular flexibility index (Phi) is 5.54. The predicted molar refractivity (Wildman–Crippen MR) is 108 cm³/mol. The number of aromatic nitrogens is 1. The van der Waals surface area contributed by atoms with Crippen molar-refractivity contribution in [3.8, 4) is 5.75 Å². The van der Waals surface area contributed by atoms with Gasteiger partial charge in [0.2, 0.25) is 5.82 Å². The predicted octanol–water partition coefficient (Wildman–Crippen LogP) is 4.74. The number of hydrazone groups is 1. The van der Waals surface area contributed by atoms with Gasteiger partial charge in [-0.3, -0.25) is 15.5 Å². The van der Waals surface area contributed by atoms with E-state index in [2.05, 4.69) is 15.5 Å². The molecule has 0 atom stereocenters. The third-order valence-electron chi connectivity index (χ3n) is 4.12. The molecule has 144 valence electrons. The molecule has 2 rings (SSSR count). The number of nitro groups is 1. The van der Waals surface area contributed by atoms with Crippen molar-refractivity contribution in [2.45, 2.75) is 52.4 Å². The summed E-state index contributed by atoms with van der Waals surface area (Å²) in [4.78, 5) is 14.5. The first-order chi connectivity index (χ1) is 12.4. The molecule has 2 N–H and O–H groups in total. The Morgan fingerprint density at radius 1 is 1.15 bits per heavy atom. The lowest BCUT2D eigenvalue weighted by atomic mass is 9.78. The van der Waals surface area contributed by atoms with E-state index >= 15 is 0 Å². The van der Waals surface area contributed by atoms with Crippen LogP contribution in [-0.4, -0.2) is 21.2 Å². The van der Waals surface area contributed by atoms with Gasteiger partial charge in [0, 0.05) is 23.4 Å². The van der Waals surface area contributed by atoms with Crippen LogP contribution in [0, 0.1) is 10.1 Å². The number of benzene rings is 1. The maximum Gasteiger partial charge on any atom is 0.313 e. The quantitative estimate of drug-likeness (QED) is 0.460. The molecule has 0 amide bonds. The summed E-state index contributed by atoms with van der Waals surface area (Å²) in [6, 6.07) is 6.62. The summed E-state index contributed by atoms with van der Waals surface area (Å²) in [5, 5.41) is 25.9. The molecule has 7 nitrogen and oxygen atoms in total. The maximum atomic E-state index is 11.0. The third kappa shape index (κ3) is 4.81. The van der Waals surface area contributed by atoms with Gasteiger partial charge in [-0.05, 0) is 34.6 Å². The van der Waals surface area contributed by atoms with Gasteiger partial charge in [0.15, 0.2) is 0 Å². The van der Waals surface area contributed by atoms with E-state index in [9.17, 15) is 15.2 Å². The van der Waals surface area contributed by atoms with Gasteiger partial charge in [0.25, 0.3) is 0 Å². The molecule has 0 aliphatic heterocycles.